The first-order valence-electron chi connectivity index (χ1n) is 6.95. The van der Waals surface area contributed by atoms with E-state index >= 15 is 0 Å². The van der Waals surface area contributed by atoms with Crippen LogP contribution in [0.1, 0.15) is 44.1 Å². The highest BCUT2D eigenvalue weighted by Crippen LogP contribution is 2.30. The summed E-state index contributed by atoms with van der Waals surface area (Å²) in [6, 6.07) is 3.99. The first-order valence-corrected chi connectivity index (χ1v) is 6.95. The number of aliphatic hydroxyl groups is 1. The van der Waals surface area contributed by atoms with Gasteiger partial charge in [0.25, 0.3) is 0 Å². The van der Waals surface area contributed by atoms with Crippen molar-refractivity contribution in [2.45, 2.75) is 50.7 Å². The van der Waals surface area contributed by atoms with Crippen LogP contribution in [0.2, 0.25) is 0 Å². The van der Waals surface area contributed by atoms with Gasteiger partial charge < -0.3 is 15.5 Å². The molecule has 0 radical (unpaired) electrons. The predicted octanol–water partition coefficient (Wildman–Crippen LogP) is 2.23. The zero-order chi connectivity index (χ0) is 14.6. The highest BCUT2D eigenvalue weighted by molar-refractivity contribution is 5.77. The number of halogens is 1. The van der Waals surface area contributed by atoms with E-state index < -0.39 is 17.2 Å². The van der Waals surface area contributed by atoms with Crippen molar-refractivity contribution in [2.75, 3.05) is 0 Å². The fourth-order valence-electron chi connectivity index (χ4n) is 2.61. The van der Waals surface area contributed by atoms with Crippen LogP contribution < -0.4 is 5.32 Å². The van der Waals surface area contributed by atoms with Gasteiger partial charge >= 0.3 is 0 Å². The maximum atomic E-state index is 13.1. The quantitative estimate of drug-likeness (QED) is 0.792. The van der Waals surface area contributed by atoms with Crippen LogP contribution in [0.3, 0.4) is 0 Å². The number of nitrogens with one attached hydrogen (secondary N) is 1. The SMILES string of the molecule is O=C(CC1(O)CCCCC1)NCc1ccc(O)c(F)c1. The summed E-state index contributed by atoms with van der Waals surface area (Å²) in [5.41, 5.74) is -0.313. The lowest BCUT2D eigenvalue weighted by atomic mass is 9.82. The first-order chi connectivity index (χ1) is 9.48. The molecule has 1 aliphatic carbocycles. The van der Waals surface area contributed by atoms with Gasteiger partial charge in [0, 0.05) is 6.54 Å². The molecule has 0 spiro atoms. The van der Waals surface area contributed by atoms with Crippen molar-refractivity contribution in [3.63, 3.8) is 0 Å². The molecular weight excluding hydrogens is 261 g/mol. The minimum atomic E-state index is -0.886. The Morgan fingerprint density at radius 2 is 2.00 bits per heavy atom. The van der Waals surface area contributed by atoms with Gasteiger partial charge in [0.15, 0.2) is 11.6 Å². The second-order valence-electron chi connectivity index (χ2n) is 5.52. The summed E-state index contributed by atoms with van der Waals surface area (Å²) in [5.74, 6) is -1.35. The molecule has 0 aromatic heterocycles. The fraction of sp³-hybridized carbons (Fsp3) is 0.533. The van der Waals surface area contributed by atoms with Crippen LogP contribution in [0.15, 0.2) is 18.2 Å². The van der Waals surface area contributed by atoms with E-state index in [2.05, 4.69) is 5.32 Å². The van der Waals surface area contributed by atoms with Gasteiger partial charge in [0.05, 0.1) is 12.0 Å². The standard InChI is InChI=1S/C15H20FNO3/c16-12-8-11(4-5-13(12)18)10-17-14(19)9-15(20)6-2-1-3-7-15/h4-5,8,18,20H,1-3,6-7,9-10H2,(H,17,19). The number of aromatic hydroxyl groups is 1. The van der Waals surface area contributed by atoms with Crippen LogP contribution >= 0.6 is 0 Å². The van der Waals surface area contributed by atoms with E-state index in [0.29, 0.717) is 18.4 Å². The molecule has 0 bridgehead atoms. The lowest BCUT2D eigenvalue weighted by molar-refractivity contribution is -0.127. The minimum absolute atomic E-state index is 0.0908. The topological polar surface area (TPSA) is 69.6 Å². The molecule has 5 heteroatoms. The van der Waals surface area contributed by atoms with E-state index in [1.807, 2.05) is 0 Å². The van der Waals surface area contributed by atoms with Crippen molar-refractivity contribution in [3.8, 4) is 5.75 Å². The van der Waals surface area contributed by atoms with Gasteiger partial charge in [-0.3, -0.25) is 4.79 Å². The van der Waals surface area contributed by atoms with Crippen molar-refractivity contribution >= 4 is 5.91 Å². The van der Waals surface area contributed by atoms with Crippen LogP contribution in [0.5, 0.6) is 5.75 Å². The number of amides is 1. The van der Waals surface area contributed by atoms with Crippen molar-refractivity contribution in [1.82, 2.24) is 5.32 Å². The molecule has 1 aromatic carbocycles. The third-order valence-corrected chi connectivity index (χ3v) is 3.78. The molecular formula is C15H20FNO3. The lowest BCUT2D eigenvalue weighted by Gasteiger charge is -2.31. The molecule has 1 aliphatic rings. The van der Waals surface area contributed by atoms with E-state index in [1.165, 1.54) is 12.1 Å². The number of phenols is 1. The Kier molecular flexibility index (Phi) is 4.60. The number of phenolic OH excluding ortho intramolecular Hbond substituents is 1. The molecule has 2 rings (SSSR count). The second kappa shape index (κ2) is 6.22. The Morgan fingerprint density at radius 3 is 2.65 bits per heavy atom. The molecule has 0 saturated heterocycles. The molecule has 1 saturated carbocycles. The van der Waals surface area contributed by atoms with Crippen LogP contribution in [-0.4, -0.2) is 21.7 Å². The average Bonchev–Trinajstić information content (AvgIpc) is 2.40. The molecule has 1 amide bonds. The van der Waals surface area contributed by atoms with Crippen molar-refractivity contribution in [1.29, 1.82) is 0 Å². The summed E-state index contributed by atoms with van der Waals surface area (Å²) >= 11 is 0. The number of hydrogen-bond acceptors (Lipinski definition) is 3. The van der Waals surface area contributed by atoms with Crippen molar-refractivity contribution in [2.24, 2.45) is 0 Å². The van der Waals surface area contributed by atoms with E-state index in [1.54, 1.807) is 6.07 Å². The largest absolute Gasteiger partial charge is 0.505 e. The molecule has 0 atom stereocenters. The monoisotopic (exact) mass is 281 g/mol. The fourth-order valence-corrected chi connectivity index (χ4v) is 2.61. The molecule has 1 fully saturated rings. The van der Waals surface area contributed by atoms with Crippen molar-refractivity contribution < 1.29 is 19.4 Å². The summed E-state index contributed by atoms with van der Waals surface area (Å²) in [7, 11) is 0. The van der Waals surface area contributed by atoms with Gasteiger partial charge in [-0.2, -0.15) is 0 Å². The van der Waals surface area contributed by atoms with Crippen LogP contribution in [0.25, 0.3) is 0 Å². The summed E-state index contributed by atoms with van der Waals surface area (Å²) in [5, 5.41) is 22.0. The molecule has 110 valence electrons. The third-order valence-electron chi connectivity index (χ3n) is 3.78. The Hall–Kier alpha value is -1.62. The first kappa shape index (κ1) is 14.8. The Bertz CT molecular complexity index is 484. The Labute approximate surface area is 117 Å². The number of benzene rings is 1. The maximum absolute atomic E-state index is 13.1. The predicted molar refractivity (Wildman–Crippen MR) is 72.6 cm³/mol. The summed E-state index contributed by atoms with van der Waals surface area (Å²) in [4.78, 5) is 11.8. The summed E-state index contributed by atoms with van der Waals surface area (Å²) in [6.07, 6.45) is 4.42. The highest BCUT2D eigenvalue weighted by atomic mass is 19.1. The van der Waals surface area contributed by atoms with Crippen LogP contribution in [0.4, 0.5) is 4.39 Å². The number of carbonyl (C=O) groups is 1. The van der Waals surface area contributed by atoms with E-state index in [0.717, 1.165) is 19.3 Å². The van der Waals surface area contributed by atoms with Gasteiger partial charge in [-0.25, -0.2) is 4.39 Å². The number of hydrogen-bond donors (Lipinski definition) is 3. The molecule has 0 unspecified atom stereocenters. The zero-order valence-electron chi connectivity index (χ0n) is 11.4. The molecule has 3 N–H and O–H groups in total. The smallest absolute Gasteiger partial charge is 0.223 e. The van der Waals surface area contributed by atoms with Crippen LogP contribution in [-0.2, 0) is 11.3 Å². The number of rotatable bonds is 4. The Morgan fingerprint density at radius 1 is 1.30 bits per heavy atom. The normalized spacial score (nSPS) is 17.7. The van der Waals surface area contributed by atoms with Gasteiger partial charge in [-0.1, -0.05) is 25.3 Å². The maximum Gasteiger partial charge on any atom is 0.223 e. The second-order valence-corrected chi connectivity index (χ2v) is 5.52. The molecule has 0 aliphatic heterocycles. The van der Waals surface area contributed by atoms with E-state index in [9.17, 15) is 14.3 Å². The van der Waals surface area contributed by atoms with E-state index in [-0.39, 0.29) is 18.9 Å². The molecule has 1 aromatic rings. The molecule has 20 heavy (non-hydrogen) atoms. The minimum Gasteiger partial charge on any atom is -0.505 e. The third kappa shape index (κ3) is 3.93. The highest BCUT2D eigenvalue weighted by Gasteiger charge is 2.31. The molecule has 4 nitrogen and oxygen atoms in total. The average molecular weight is 281 g/mol. The number of carbonyl (C=O) groups excluding carboxylic acids is 1. The van der Waals surface area contributed by atoms with Crippen LogP contribution in [0, 0.1) is 5.82 Å². The zero-order valence-corrected chi connectivity index (χ0v) is 11.4. The van der Waals surface area contributed by atoms with E-state index in [4.69, 9.17) is 5.11 Å². The summed E-state index contributed by atoms with van der Waals surface area (Å²) < 4.78 is 13.1. The van der Waals surface area contributed by atoms with Crippen molar-refractivity contribution in [3.05, 3.63) is 29.6 Å². The van der Waals surface area contributed by atoms with Gasteiger partial charge in [0.1, 0.15) is 0 Å². The Balaban J connectivity index is 1.84. The van der Waals surface area contributed by atoms with Gasteiger partial charge in [0.2, 0.25) is 5.91 Å². The lowest BCUT2D eigenvalue weighted by Crippen LogP contribution is -2.38. The van der Waals surface area contributed by atoms with Gasteiger partial charge in [-0.15, -0.1) is 0 Å². The van der Waals surface area contributed by atoms with Gasteiger partial charge in [-0.05, 0) is 30.5 Å². The molecule has 0 heterocycles. The summed E-state index contributed by atoms with van der Waals surface area (Å²) in [6.45, 7) is 0.187.